The van der Waals surface area contributed by atoms with Crippen LogP contribution in [0.4, 0.5) is 0 Å². The zero-order valence-electron chi connectivity index (χ0n) is 12.1. The fourth-order valence-electron chi connectivity index (χ4n) is 3.22. The van der Waals surface area contributed by atoms with Crippen molar-refractivity contribution in [2.45, 2.75) is 31.7 Å². The van der Waals surface area contributed by atoms with Crippen molar-refractivity contribution < 1.29 is 0 Å². The molecule has 1 aliphatic rings. The largest absolute Gasteiger partial charge is 0.313 e. The first-order chi connectivity index (χ1) is 10.2. The molecule has 3 heteroatoms. The quantitative estimate of drug-likeness (QED) is 0.830. The van der Waals surface area contributed by atoms with Gasteiger partial charge in [0.15, 0.2) is 0 Å². The molecule has 1 nitrogen and oxygen atoms in total. The molecule has 2 unspecified atom stereocenters. The van der Waals surface area contributed by atoms with E-state index in [1.165, 1.54) is 11.1 Å². The van der Waals surface area contributed by atoms with Gasteiger partial charge in [0.1, 0.15) is 0 Å². The summed E-state index contributed by atoms with van der Waals surface area (Å²) in [7, 11) is 0. The lowest BCUT2D eigenvalue weighted by Gasteiger charge is -2.37. The molecule has 0 fully saturated rings. The van der Waals surface area contributed by atoms with Gasteiger partial charge in [0, 0.05) is 12.0 Å². The molecule has 110 valence electrons. The van der Waals surface area contributed by atoms with Crippen LogP contribution < -0.4 is 5.32 Å². The van der Waals surface area contributed by atoms with Gasteiger partial charge in [0.2, 0.25) is 0 Å². The van der Waals surface area contributed by atoms with E-state index in [-0.39, 0.29) is 0 Å². The molecule has 3 rings (SSSR count). The van der Waals surface area contributed by atoms with E-state index in [1.807, 2.05) is 12.1 Å². The van der Waals surface area contributed by atoms with Crippen molar-refractivity contribution >= 4 is 23.2 Å². The van der Waals surface area contributed by atoms with Gasteiger partial charge in [-0.25, -0.2) is 0 Å². The van der Waals surface area contributed by atoms with Crippen LogP contribution in [-0.4, -0.2) is 12.6 Å². The highest BCUT2D eigenvalue weighted by molar-refractivity contribution is 6.42. The summed E-state index contributed by atoms with van der Waals surface area (Å²) in [5.74, 6) is 0.566. The first-order valence-electron chi connectivity index (χ1n) is 7.44. The molecule has 2 aromatic carbocycles. The number of likely N-dealkylation sites (N-methyl/N-ethyl adjacent to an activating group) is 1. The summed E-state index contributed by atoms with van der Waals surface area (Å²) in [6, 6.07) is 15.0. The lowest BCUT2D eigenvalue weighted by molar-refractivity contribution is 0.405. The van der Waals surface area contributed by atoms with Gasteiger partial charge in [-0.1, -0.05) is 66.5 Å². The predicted molar refractivity (Wildman–Crippen MR) is 90.5 cm³/mol. The Balaban J connectivity index is 1.82. The topological polar surface area (TPSA) is 12.0 Å². The SMILES string of the molecule is CCNC(Cc1cccc(Cl)c1Cl)C1Cc2ccccc21. The van der Waals surface area contributed by atoms with Crippen LogP contribution in [0.15, 0.2) is 42.5 Å². The van der Waals surface area contributed by atoms with E-state index in [9.17, 15) is 0 Å². The minimum absolute atomic E-state index is 0.404. The minimum Gasteiger partial charge on any atom is -0.313 e. The van der Waals surface area contributed by atoms with E-state index < -0.39 is 0 Å². The maximum absolute atomic E-state index is 6.34. The third-order valence-electron chi connectivity index (χ3n) is 4.32. The Kier molecular flexibility index (Phi) is 4.54. The average molecular weight is 320 g/mol. The third kappa shape index (κ3) is 2.96. The van der Waals surface area contributed by atoms with Crippen LogP contribution in [0.25, 0.3) is 0 Å². The molecule has 0 bridgehead atoms. The Hall–Kier alpha value is -1.02. The monoisotopic (exact) mass is 319 g/mol. The molecule has 0 saturated carbocycles. The van der Waals surface area contributed by atoms with E-state index >= 15 is 0 Å². The van der Waals surface area contributed by atoms with Gasteiger partial charge in [0.05, 0.1) is 10.0 Å². The Bertz CT molecular complexity index is 639. The number of hydrogen-bond acceptors (Lipinski definition) is 1. The Labute approximate surface area is 136 Å². The van der Waals surface area contributed by atoms with Crippen molar-refractivity contribution in [2.24, 2.45) is 0 Å². The van der Waals surface area contributed by atoms with Crippen LogP contribution in [0.1, 0.15) is 29.5 Å². The lowest BCUT2D eigenvalue weighted by Crippen LogP contribution is -2.41. The number of nitrogens with one attached hydrogen (secondary N) is 1. The molecular formula is C18H19Cl2N. The molecule has 2 atom stereocenters. The highest BCUT2D eigenvalue weighted by Crippen LogP contribution is 2.39. The zero-order chi connectivity index (χ0) is 14.8. The molecular weight excluding hydrogens is 301 g/mol. The van der Waals surface area contributed by atoms with Crippen molar-refractivity contribution in [1.82, 2.24) is 5.32 Å². The smallest absolute Gasteiger partial charge is 0.0624 e. The number of fused-ring (bicyclic) bond motifs is 1. The molecule has 1 aliphatic carbocycles. The van der Waals surface area contributed by atoms with Crippen LogP contribution in [0.5, 0.6) is 0 Å². The zero-order valence-corrected chi connectivity index (χ0v) is 13.6. The third-order valence-corrected chi connectivity index (χ3v) is 5.18. The maximum Gasteiger partial charge on any atom is 0.0624 e. The van der Waals surface area contributed by atoms with Crippen LogP contribution in [0.3, 0.4) is 0 Å². The van der Waals surface area contributed by atoms with Crippen molar-refractivity contribution in [3.8, 4) is 0 Å². The summed E-state index contributed by atoms with van der Waals surface area (Å²) in [4.78, 5) is 0. The van der Waals surface area contributed by atoms with Gasteiger partial charge in [-0.05, 0) is 42.1 Å². The van der Waals surface area contributed by atoms with Gasteiger partial charge < -0.3 is 5.32 Å². The van der Waals surface area contributed by atoms with E-state index in [0.717, 1.165) is 24.9 Å². The van der Waals surface area contributed by atoms with Crippen LogP contribution in [-0.2, 0) is 12.8 Å². The lowest BCUT2D eigenvalue weighted by atomic mass is 9.72. The van der Waals surface area contributed by atoms with E-state index in [4.69, 9.17) is 23.2 Å². The van der Waals surface area contributed by atoms with Crippen molar-refractivity contribution in [3.05, 3.63) is 69.2 Å². The number of hydrogen-bond donors (Lipinski definition) is 1. The van der Waals surface area contributed by atoms with Gasteiger partial charge in [-0.2, -0.15) is 0 Å². The molecule has 0 aliphatic heterocycles. The second-order valence-corrected chi connectivity index (χ2v) is 6.38. The van der Waals surface area contributed by atoms with Gasteiger partial charge in [-0.3, -0.25) is 0 Å². The van der Waals surface area contributed by atoms with Gasteiger partial charge >= 0.3 is 0 Å². The first-order valence-corrected chi connectivity index (χ1v) is 8.20. The number of rotatable bonds is 5. The highest BCUT2D eigenvalue weighted by Gasteiger charge is 2.32. The second kappa shape index (κ2) is 6.39. The Morgan fingerprint density at radius 3 is 2.71 bits per heavy atom. The molecule has 0 amide bonds. The number of halogens is 2. The van der Waals surface area contributed by atoms with Gasteiger partial charge in [-0.15, -0.1) is 0 Å². The minimum atomic E-state index is 0.404. The van der Waals surface area contributed by atoms with Gasteiger partial charge in [0.25, 0.3) is 0 Å². The van der Waals surface area contributed by atoms with E-state index in [1.54, 1.807) is 0 Å². The van der Waals surface area contributed by atoms with Crippen molar-refractivity contribution in [1.29, 1.82) is 0 Å². The second-order valence-electron chi connectivity index (χ2n) is 5.59. The van der Waals surface area contributed by atoms with Crippen LogP contribution in [0, 0.1) is 0 Å². The Morgan fingerprint density at radius 2 is 1.95 bits per heavy atom. The maximum atomic E-state index is 6.34. The fraction of sp³-hybridized carbons (Fsp3) is 0.333. The fourth-order valence-corrected chi connectivity index (χ4v) is 3.62. The summed E-state index contributed by atoms with van der Waals surface area (Å²) < 4.78 is 0. The Morgan fingerprint density at radius 1 is 1.14 bits per heavy atom. The van der Waals surface area contributed by atoms with E-state index in [2.05, 4.69) is 42.6 Å². The van der Waals surface area contributed by atoms with Crippen LogP contribution >= 0.6 is 23.2 Å². The summed E-state index contributed by atoms with van der Waals surface area (Å²) in [6.45, 7) is 3.11. The highest BCUT2D eigenvalue weighted by atomic mass is 35.5. The summed E-state index contributed by atoms with van der Waals surface area (Å²) in [5, 5.41) is 4.95. The normalized spacial score (nSPS) is 18.0. The number of benzene rings is 2. The summed E-state index contributed by atoms with van der Waals surface area (Å²) in [5.41, 5.74) is 4.07. The molecule has 0 aromatic heterocycles. The summed E-state index contributed by atoms with van der Waals surface area (Å²) >= 11 is 12.5. The average Bonchev–Trinajstić information content (AvgIpc) is 2.45. The van der Waals surface area contributed by atoms with Crippen LogP contribution in [0.2, 0.25) is 10.0 Å². The van der Waals surface area contributed by atoms with Crippen molar-refractivity contribution in [2.75, 3.05) is 6.54 Å². The summed E-state index contributed by atoms with van der Waals surface area (Å²) in [6.07, 6.45) is 2.05. The first kappa shape index (κ1) is 14.9. The molecule has 0 saturated heterocycles. The standard InChI is InChI=1S/C18H19Cl2N/c1-2-21-17(11-13-7-5-9-16(19)18(13)20)15-10-12-6-3-4-8-14(12)15/h3-9,15,17,21H,2,10-11H2,1H3. The molecule has 0 spiro atoms. The molecule has 2 aromatic rings. The molecule has 0 heterocycles. The molecule has 21 heavy (non-hydrogen) atoms. The molecule has 0 radical (unpaired) electrons. The van der Waals surface area contributed by atoms with E-state index in [0.29, 0.717) is 22.0 Å². The van der Waals surface area contributed by atoms with Crippen molar-refractivity contribution in [3.63, 3.8) is 0 Å². The predicted octanol–water partition coefficient (Wildman–Crippen LogP) is 4.85. The molecule has 1 N–H and O–H groups in total.